The van der Waals surface area contributed by atoms with Crippen LogP contribution in [0.2, 0.25) is 0 Å². The van der Waals surface area contributed by atoms with Gasteiger partial charge in [0.25, 0.3) is 5.91 Å². The zero-order valence-corrected chi connectivity index (χ0v) is 19.6. The number of amides is 2. The second-order valence-corrected chi connectivity index (χ2v) is 10.8. The summed E-state index contributed by atoms with van der Waals surface area (Å²) in [7, 11) is 1.38. The first kappa shape index (κ1) is 22.2. The molecule has 2 bridgehead atoms. The third-order valence-corrected chi connectivity index (χ3v) is 9.14. The lowest BCUT2D eigenvalue weighted by molar-refractivity contribution is -0.140. The van der Waals surface area contributed by atoms with Gasteiger partial charge < -0.3 is 4.74 Å². The molecule has 1 saturated heterocycles. The predicted molar refractivity (Wildman–Crippen MR) is 121 cm³/mol. The third-order valence-electron chi connectivity index (χ3n) is 7.91. The van der Waals surface area contributed by atoms with Crippen molar-refractivity contribution in [3.8, 4) is 0 Å². The van der Waals surface area contributed by atoms with Crippen molar-refractivity contribution in [3.05, 3.63) is 30.3 Å². The van der Waals surface area contributed by atoms with Crippen LogP contribution in [0.1, 0.15) is 46.5 Å². The number of ether oxygens (including phenoxy) is 1. The summed E-state index contributed by atoms with van der Waals surface area (Å²) < 4.78 is 4.68. The molecule has 0 aromatic heterocycles. The van der Waals surface area contributed by atoms with E-state index < -0.39 is 5.41 Å². The smallest absolute Gasteiger partial charge is 0.306 e. The minimum Gasteiger partial charge on any atom is -0.469 e. The lowest BCUT2D eigenvalue weighted by Gasteiger charge is -2.35. The number of nitrogens with zero attached hydrogens (tertiary/aromatic N) is 2. The van der Waals surface area contributed by atoms with E-state index in [1.807, 2.05) is 37.3 Å². The van der Waals surface area contributed by atoms with Crippen LogP contribution < -0.4 is 5.01 Å². The monoisotopic (exact) mass is 444 g/mol. The number of hydrogen-bond donors (Lipinski definition) is 0. The van der Waals surface area contributed by atoms with Crippen molar-refractivity contribution < 1.29 is 19.1 Å². The van der Waals surface area contributed by atoms with Gasteiger partial charge in [-0.1, -0.05) is 39.0 Å². The van der Waals surface area contributed by atoms with Crippen LogP contribution in [0.5, 0.6) is 0 Å². The SMILES string of the molecule is COC(=O)CCSCC(C)C(=O)N1[C@@H]2C[C@H]3CC[C@]2(C(=O)N1c1ccccc1)C3(C)C. The van der Waals surface area contributed by atoms with Crippen LogP contribution in [-0.4, -0.2) is 47.4 Å². The molecule has 6 nitrogen and oxygen atoms in total. The van der Waals surface area contributed by atoms with Gasteiger partial charge in [0.2, 0.25) is 5.91 Å². The van der Waals surface area contributed by atoms with E-state index in [-0.39, 0.29) is 35.2 Å². The molecule has 1 aliphatic heterocycles. The molecule has 7 heteroatoms. The first-order valence-electron chi connectivity index (χ1n) is 11.1. The van der Waals surface area contributed by atoms with Gasteiger partial charge in [-0.3, -0.25) is 14.4 Å². The maximum absolute atomic E-state index is 14.0. The number of fused-ring (bicyclic) bond motifs is 1. The Labute approximate surface area is 188 Å². The second-order valence-electron chi connectivity index (χ2n) is 9.62. The normalized spacial score (nSPS) is 29.2. The van der Waals surface area contributed by atoms with Crippen LogP contribution in [0, 0.1) is 22.7 Å². The highest BCUT2D eigenvalue weighted by atomic mass is 32.2. The second kappa shape index (κ2) is 8.15. The number of hydrazine groups is 1. The molecule has 1 unspecified atom stereocenters. The number of carbonyl (C=O) groups excluding carboxylic acids is 3. The molecular formula is C24H32N2O4S. The molecule has 0 radical (unpaired) electrons. The fourth-order valence-corrected chi connectivity index (χ4v) is 7.04. The highest BCUT2D eigenvalue weighted by Crippen LogP contribution is 2.70. The lowest BCUT2D eigenvalue weighted by Crippen LogP contribution is -2.50. The lowest BCUT2D eigenvalue weighted by atomic mass is 9.67. The van der Waals surface area contributed by atoms with Crippen molar-refractivity contribution in [2.75, 3.05) is 23.6 Å². The van der Waals surface area contributed by atoms with Gasteiger partial charge in [-0.05, 0) is 42.7 Å². The fourth-order valence-electron chi connectivity index (χ4n) is 6.07. The number of hydrogen-bond acceptors (Lipinski definition) is 5. The molecule has 2 amide bonds. The Morgan fingerprint density at radius 3 is 2.61 bits per heavy atom. The maximum atomic E-state index is 14.0. The van der Waals surface area contributed by atoms with Crippen LogP contribution >= 0.6 is 11.8 Å². The van der Waals surface area contributed by atoms with E-state index in [4.69, 9.17) is 0 Å². The van der Waals surface area contributed by atoms with Crippen molar-refractivity contribution >= 4 is 35.2 Å². The van der Waals surface area contributed by atoms with Crippen molar-refractivity contribution in [3.63, 3.8) is 0 Å². The minimum absolute atomic E-state index is 0.00649. The van der Waals surface area contributed by atoms with Crippen molar-refractivity contribution in [1.82, 2.24) is 5.01 Å². The Bertz CT molecular complexity index is 874. The van der Waals surface area contributed by atoms with Crippen LogP contribution in [0.3, 0.4) is 0 Å². The summed E-state index contributed by atoms with van der Waals surface area (Å²) in [5, 5.41) is 3.47. The topological polar surface area (TPSA) is 66.9 Å². The number of rotatable bonds is 7. The molecular weight excluding hydrogens is 412 g/mol. The molecule has 1 aromatic carbocycles. The molecule has 3 aliphatic rings. The number of methoxy groups -OCH3 is 1. The molecule has 4 rings (SSSR count). The molecule has 2 aliphatic carbocycles. The van der Waals surface area contributed by atoms with Gasteiger partial charge in [-0.15, -0.1) is 0 Å². The van der Waals surface area contributed by atoms with Crippen molar-refractivity contribution in [2.24, 2.45) is 22.7 Å². The summed E-state index contributed by atoms with van der Waals surface area (Å²) in [5.74, 6) is 1.28. The van der Waals surface area contributed by atoms with Crippen molar-refractivity contribution in [1.29, 1.82) is 0 Å². The number of para-hydroxylation sites is 1. The molecule has 1 aromatic rings. The quantitative estimate of drug-likeness (QED) is 0.471. The minimum atomic E-state index is -0.499. The van der Waals surface area contributed by atoms with Gasteiger partial charge in [0, 0.05) is 17.4 Å². The van der Waals surface area contributed by atoms with Crippen LogP contribution in [-0.2, 0) is 19.1 Å². The average Bonchev–Trinajstić information content (AvgIpc) is 3.29. The Kier molecular flexibility index (Phi) is 5.83. The van der Waals surface area contributed by atoms with E-state index >= 15 is 0 Å². The molecule has 3 fully saturated rings. The highest BCUT2D eigenvalue weighted by molar-refractivity contribution is 7.99. The molecule has 168 valence electrons. The largest absolute Gasteiger partial charge is 0.469 e. The van der Waals surface area contributed by atoms with Gasteiger partial charge in [-0.2, -0.15) is 11.8 Å². The van der Waals surface area contributed by atoms with E-state index in [2.05, 4.69) is 18.6 Å². The third kappa shape index (κ3) is 3.27. The summed E-state index contributed by atoms with van der Waals surface area (Å²) >= 11 is 1.58. The standard InChI is InChI=1S/C24H32N2O4S/c1-16(15-31-13-11-20(27)30-4)21(28)26-19-14-17-10-12-24(19,23(17,2)3)22(29)25(26)18-8-6-5-7-9-18/h5-9,16-17,19H,10-15H2,1-4H3/t16?,17-,19-,24+/m1/s1. The molecule has 1 spiro atoms. The molecule has 1 heterocycles. The number of benzene rings is 1. The van der Waals surface area contributed by atoms with Gasteiger partial charge in [0.05, 0.1) is 30.7 Å². The Morgan fingerprint density at radius 2 is 1.97 bits per heavy atom. The number of carbonyl (C=O) groups is 3. The first-order chi connectivity index (χ1) is 14.8. The van der Waals surface area contributed by atoms with Crippen LogP contribution in [0.25, 0.3) is 0 Å². The van der Waals surface area contributed by atoms with E-state index in [9.17, 15) is 14.4 Å². The molecule has 4 atom stereocenters. The van der Waals surface area contributed by atoms with E-state index in [0.717, 1.165) is 24.9 Å². The number of esters is 1. The van der Waals surface area contributed by atoms with Gasteiger partial charge >= 0.3 is 5.97 Å². The highest BCUT2D eigenvalue weighted by Gasteiger charge is 2.75. The number of thioether (sulfide) groups is 1. The van der Waals surface area contributed by atoms with Gasteiger partial charge in [-0.25, -0.2) is 10.0 Å². The fraction of sp³-hybridized carbons (Fsp3) is 0.625. The van der Waals surface area contributed by atoms with Crippen LogP contribution in [0.15, 0.2) is 30.3 Å². The summed E-state index contributed by atoms with van der Waals surface area (Å²) in [6.07, 6.45) is 3.13. The zero-order chi connectivity index (χ0) is 22.4. The van der Waals surface area contributed by atoms with Crippen molar-refractivity contribution in [2.45, 2.75) is 52.5 Å². The zero-order valence-electron chi connectivity index (χ0n) is 18.8. The Hall–Kier alpha value is -2.02. The summed E-state index contributed by atoms with van der Waals surface area (Å²) in [5.41, 5.74) is 0.144. The first-order valence-corrected chi connectivity index (χ1v) is 12.3. The summed E-state index contributed by atoms with van der Waals surface area (Å²) in [6.45, 7) is 6.35. The summed E-state index contributed by atoms with van der Waals surface area (Å²) in [6, 6.07) is 9.47. The Balaban J connectivity index is 1.59. The molecule has 0 N–H and O–H groups in total. The van der Waals surface area contributed by atoms with Gasteiger partial charge in [0.15, 0.2) is 0 Å². The molecule has 2 saturated carbocycles. The van der Waals surface area contributed by atoms with E-state index in [1.54, 1.807) is 21.8 Å². The number of anilines is 1. The summed E-state index contributed by atoms with van der Waals surface area (Å²) in [4.78, 5) is 39.0. The van der Waals surface area contributed by atoms with E-state index in [0.29, 0.717) is 23.8 Å². The van der Waals surface area contributed by atoms with E-state index in [1.165, 1.54) is 7.11 Å². The Morgan fingerprint density at radius 1 is 1.26 bits per heavy atom. The average molecular weight is 445 g/mol. The maximum Gasteiger partial charge on any atom is 0.306 e. The predicted octanol–water partition coefficient (Wildman–Crippen LogP) is 3.90. The molecule has 31 heavy (non-hydrogen) atoms. The van der Waals surface area contributed by atoms with Gasteiger partial charge in [0.1, 0.15) is 0 Å². The van der Waals surface area contributed by atoms with Crippen LogP contribution in [0.4, 0.5) is 5.69 Å².